The molecule has 2 heterocycles. The number of hydrogen-bond donors (Lipinski definition) is 0. The highest BCUT2D eigenvalue weighted by molar-refractivity contribution is 5.84. The summed E-state index contributed by atoms with van der Waals surface area (Å²) in [5, 5.41) is 0. The standard InChI is InChI=1S/C39H39N3/c1-26(2)32-18-13-19-33(27(3)4)37(32)42-36-22-8-7-21-35(36)41-38(42)29-15-12-17-31(25-29)39(5,6)30-16-11-14-28(24-30)34-20-9-10-23-40-34/h7-27H,1-6H3. The predicted octanol–water partition coefficient (Wildman–Crippen LogP) is 10.3. The van der Waals surface area contributed by atoms with Crippen LogP contribution in [-0.4, -0.2) is 14.5 Å². The third-order valence-corrected chi connectivity index (χ3v) is 8.51. The van der Waals surface area contributed by atoms with Gasteiger partial charge in [-0.3, -0.25) is 9.55 Å². The van der Waals surface area contributed by atoms with E-state index in [1.54, 1.807) is 0 Å². The molecule has 3 heteroatoms. The van der Waals surface area contributed by atoms with Gasteiger partial charge in [-0.2, -0.15) is 0 Å². The molecular formula is C39H39N3. The van der Waals surface area contributed by atoms with Crippen molar-refractivity contribution in [3.8, 4) is 28.3 Å². The van der Waals surface area contributed by atoms with Gasteiger partial charge in [-0.05, 0) is 70.5 Å². The van der Waals surface area contributed by atoms with Crippen molar-refractivity contribution in [2.24, 2.45) is 0 Å². The SMILES string of the molecule is CC(C)c1cccc(C(C)C)c1-n1c(-c2cccc(C(C)(C)c3cccc(-c4ccccn4)c3)c2)nc2ccccc21. The highest BCUT2D eigenvalue weighted by Gasteiger charge is 2.26. The van der Waals surface area contributed by atoms with E-state index in [2.05, 4.69) is 148 Å². The summed E-state index contributed by atoms with van der Waals surface area (Å²) in [5.41, 5.74) is 11.6. The summed E-state index contributed by atoms with van der Waals surface area (Å²) in [5.74, 6) is 1.74. The zero-order chi connectivity index (χ0) is 29.4. The molecule has 3 nitrogen and oxygen atoms in total. The number of nitrogens with zero attached hydrogens (tertiary/aromatic N) is 3. The van der Waals surface area contributed by atoms with Crippen molar-refractivity contribution in [1.82, 2.24) is 14.5 Å². The summed E-state index contributed by atoms with van der Waals surface area (Å²) < 4.78 is 2.41. The molecule has 2 aromatic heterocycles. The van der Waals surface area contributed by atoms with E-state index in [1.165, 1.54) is 27.9 Å². The summed E-state index contributed by atoms with van der Waals surface area (Å²) in [6.07, 6.45) is 1.85. The van der Waals surface area contributed by atoms with E-state index < -0.39 is 0 Å². The summed E-state index contributed by atoms with van der Waals surface area (Å²) in [4.78, 5) is 9.85. The van der Waals surface area contributed by atoms with Gasteiger partial charge in [0.25, 0.3) is 0 Å². The van der Waals surface area contributed by atoms with E-state index in [0.717, 1.165) is 33.7 Å². The van der Waals surface area contributed by atoms with Crippen LogP contribution < -0.4 is 0 Å². The maximum Gasteiger partial charge on any atom is 0.145 e. The Hall–Kier alpha value is -4.50. The van der Waals surface area contributed by atoms with Crippen molar-refractivity contribution in [3.63, 3.8) is 0 Å². The smallest absolute Gasteiger partial charge is 0.145 e. The molecule has 4 aromatic carbocycles. The van der Waals surface area contributed by atoms with Crippen molar-refractivity contribution >= 4 is 11.0 Å². The average molecular weight is 550 g/mol. The molecule has 6 aromatic rings. The molecule has 0 atom stereocenters. The fourth-order valence-corrected chi connectivity index (χ4v) is 6.03. The lowest BCUT2D eigenvalue weighted by Gasteiger charge is -2.27. The second-order valence-corrected chi connectivity index (χ2v) is 12.4. The lowest BCUT2D eigenvalue weighted by Crippen LogP contribution is -2.19. The minimum absolute atomic E-state index is 0.226. The molecule has 0 aliphatic heterocycles. The number of pyridine rings is 1. The number of hydrogen-bond acceptors (Lipinski definition) is 2. The normalized spacial score (nSPS) is 12.0. The van der Waals surface area contributed by atoms with Crippen molar-refractivity contribution in [2.75, 3.05) is 0 Å². The number of rotatable bonds is 7. The van der Waals surface area contributed by atoms with Gasteiger partial charge in [0.15, 0.2) is 0 Å². The topological polar surface area (TPSA) is 30.7 Å². The van der Waals surface area contributed by atoms with Crippen LogP contribution in [0.15, 0.2) is 115 Å². The molecule has 0 aliphatic rings. The predicted molar refractivity (Wildman–Crippen MR) is 176 cm³/mol. The zero-order valence-electron chi connectivity index (χ0n) is 25.5. The Bertz CT molecular complexity index is 1830. The first kappa shape index (κ1) is 27.7. The maximum absolute atomic E-state index is 5.26. The van der Waals surface area contributed by atoms with Crippen LogP contribution in [0.25, 0.3) is 39.4 Å². The summed E-state index contributed by atoms with van der Waals surface area (Å²) >= 11 is 0. The second-order valence-electron chi connectivity index (χ2n) is 12.4. The number of benzene rings is 4. The van der Waals surface area contributed by atoms with E-state index in [4.69, 9.17) is 4.98 Å². The molecule has 0 spiro atoms. The van der Waals surface area contributed by atoms with Crippen molar-refractivity contribution in [2.45, 2.75) is 58.8 Å². The first-order chi connectivity index (χ1) is 20.3. The Labute approximate surface area is 249 Å². The maximum atomic E-state index is 5.26. The monoisotopic (exact) mass is 549 g/mol. The third kappa shape index (κ3) is 4.94. The molecule has 0 unspecified atom stereocenters. The minimum Gasteiger partial charge on any atom is -0.292 e. The fourth-order valence-electron chi connectivity index (χ4n) is 6.03. The molecule has 0 fully saturated rings. The number of para-hydroxylation sites is 3. The van der Waals surface area contributed by atoms with Crippen molar-refractivity contribution in [1.29, 1.82) is 0 Å². The molecule has 0 N–H and O–H groups in total. The average Bonchev–Trinajstić information content (AvgIpc) is 3.40. The lowest BCUT2D eigenvalue weighted by molar-refractivity contribution is 0.641. The summed E-state index contributed by atoms with van der Waals surface area (Å²) in [6, 6.07) is 39.1. The molecule has 0 aliphatic carbocycles. The Morgan fingerprint density at radius 3 is 1.86 bits per heavy atom. The van der Waals surface area contributed by atoms with Gasteiger partial charge in [0.2, 0.25) is 0 Å². The lowest BCUT2D eigenvalue weighted by atomic mass is 9.77. The van der Waals surface area contributed by atoms with Crippen molar-refractivity contribution in [3.05, 3.63) is 138 Å². The molecular weight excluding hydrogens is 510 g/mol. The second kappa shape index (κ2) is 11.1. The van der Waals surface area contributed by atoms with E-state index in [-0.39, 0.29) is 5.41 Å². The number of aromatic nitrogens is 3. The number of imidazole rings is 1. The molecule has 0 amide bonds. The Balaban J connectivity index is 1.53. The van der Waals surface area contributed by atoms with Gasteiger partial charge >= 0.3 is 0 Å². The highest BCUT2D eigenvalue weighted by Crippen LogP contribution is 2.39. The molecule has 0 saturated heterocycles. The number of fused-ring (bicyclic) bond motifs is 1. The van der Waals surface area contributed by atoms with Gasteiger partial charge < -0.3 is 0 Å². The van der Waals surface area contributed by atoms with Gasteiger partial charge in [-0.25, -0.2) is 4.98 Å². The van der Waals surface area contributed by atoms with Crippen LogP contribution in [0.2, 0.25) is 0 Å². The molecule has 210 valence electrons. The Morgan fingerprint density at radius 2 is 1.21 bits per heavy atom. The third-order valence-electron chi connectivity index (χ3n) is 8.51. The molecule has 42 heavy (non-hydrogen) atoms. The molecule has 0 saturated carbocycles. The Morgan fingerprint density at radius 1 is 0.619 bits per heavy atom. The van der Waals surface area contributed by atoms with E-state index in [1.807, 2.05) is 18.3 Å². The molecule has 0 bridgehead atoms. The highest BCUT2D eigenvalue weighted by atomic mass is 15.1. The largest absolute Gasteiger partial charge is 0.292 e. The first-order valence-corrected chi connectivity index (χ1v) is 15.0. The van der Waals surface area contributed by atoms with Gasteiger partial charge in [0.1, 0.15) is 5.82 Å². The van der Waals surface area contributed by atoms with Crippen molar-refractivity contribution < 1.29 is 0 Å². The Kier molecular flexibility index (Phi) is 7.28. The molecule has 0 radical (unpaired) electrons. The van der Waals surface area contributed by atoms with Gasteiger partial charge in [-0.15, -0.1) is 0 Å². The van der Waals surface area contributed by atoms with Gasteiger partial charge in [-0.1, -0.05) is 114 Å². The van der Waals surface area contributed by atoms with Gasteiger partial charge in [0, 0.05) is 22.7 Å². The first-order valence-electron chi connectivity index (χ1n) is 15.0. The molecule has 6 rings (SSSR count). The van der Waals surface area contributed by atoms with Crippen LogP contribution >= 0.6 is 0 Å². The van der Waals surface area contributed by atoms with Crippen LogP contribution in [0.4, 0.5) is 0 Å². The van der Waals surface area contributed by atoms with E-state index in [0.29, 0.717) is 11.8 Å². The van der Waals surface area contributed by atoms with Gasteiger partial charge in [0.05, 0.1) is 22.4 Å². The fraction of sp³-hybridized carbons (Fsp3) is 0.231. The zero-order valence-corrected chi connectivity index (χ0v) is 25.5. The minimum atomic E-state index is -0.226. The quantitative estimate of drug-likeness (QED) is 0.198. The van der Waals surface area contributed by atoms with Crippen LogP contribution in [0.5, 0.6) is 0 Å². The summed E-state index contributed by atoms with van der Waals surface area (Å²) in [7, 11) is 0. The van der Waals surface area contributed by atoms with Crippen LogP contribution in [0, 0.1) is 0 Å². The van der Waals surface area contributed by atoms with Crippen LogP contribution in [0.3, 0.4) is 0 Å². The van der Waals surface area contributed by atoms with Crippen LogP contribution in [-0.2, 0) is 5.41 Å². The van der Waals surface area contributed by atoms with E-state index >= 15 is 0 Å². The van der Waals surface area contributed by atoms with Crippen LogP contribution in [0.1, 0.15) is 75.6 Å². The van der Waals surface area contributed by atoms with E-state index in [9.17, 15) is 0 Å². The summed E-state index contributed by atoms with van der Waals surface area (Å²) in [6.45, 7) is 13.7.